The molecule has 5 heteroatoms. The second-order valence-corrected chi connectivity index (χ2v) is 1.98. The number of rotatable bonds is 5. The highest BCUT2D eigenvalue weighted by Gasteiger charge is 2.06. The molecule has 1 radical (unpaired) electrons. The lowest BCUT2D eigenvalue weighted by Crippen LogP contribution is -2.25. The smallest absolute Gasteiger partial charge is 0.245 e. The number of hydrogen-bond donors (Lipinski definition) is 0. The van der Waals surface area contributed by atoms with Gasteiger partial charge >= 0.3 is 0 Å². The summed E-state index contributed by atoms with van der Waals surface area (Å²) in [4.78, 5) is 25.4. The Bertz CT molecular complexity index is 140. The SMILES string of the molecule is CON(C)C(=O)CC[B]C=O. The molecule has 0 bridgehead atoms. The third kappa shape index (κ3) is 4.55. The van der Waals surface area contributed by atoms with Gasteiger partial charge in [-0.15, -0.1) is 0 Å². The number of carbonyl (C=O) groups excluding carboxylic acids is 2. The van der Waals surface area contributed by atoms with Gasteiger partial charge in [-0.1, -0.05) is 6.32 Å². The summed E-state index contributed by atoms with van der Waals surface area (Å²) in [5.41, 5.74) is 0. The Morgan fingerprint density at radius 1 is 1.73 bits per heavy atom. The first-order chi connectivity index (χ1) is 5.22. The van der Waals surface area contributed by atoms with Gasteiger partial charge in [-0.05, 0) is 0 Å². The zero-order valence-electron chi connectivity index (χ0n) is 6.74. The summed E-state index contributed by atoms with van der Waals surface area (Å²) < 4.78 is 0. The summed E-state index contributed by atoms with van der Waals surface area (Å²) in [5, 5.41) is 1.14. The summed E-state index contributed by atoms with van der Waals surface area (Å²) in [6, 6.07) is 0. The van der Waals surface area contributed by atoms with Crippen LogP contribution in [0.4, 0.5) is 0 Å². The lowest BCUT2D eigenvalue weighted by atomic mass is 9.76. The van der Waals surface area contributed by atoms with Crippen LogP contribution in [-0.2, 0) is 14.4 Å². The van der Waals surface area contributed by atoms with E-state index >= 15 is 0 Å². The lowest BCUT2D eigenvalue weighted by molar-refractivity contribution is -0.168. The Morgan fingerprint density at radius 2 is 2.36 bits per heavy atom. The van der Waals surface area contributed by atoms with Gasteiger partial charge in [0, 0.05) is 13.5 Å². The third-order valence-corrected chi connectivity index (χ3v) is 1.25. The minimum Gasteiger partial charge on any atom is -0.316 e. The fraction of sp³-hybridized carbons (Fsp3) is 0.667. The van der Waals surface area contributed by atoms with E-state index in [0.29, 0.717) is 18.9 Å². The normalized spacial score (nSPS) is 8.91. The van der Waals surface area contributed by atoms with Gasteiger partial charge in [0.15, 0.2) is 7.28 Å². The van der Waals surface area contributed by atoms with Gasteiger partial charge in [-0.2, -0.15) is 0 Å². The van der Waals surface area contributed by atoms with Crippen molar-refractivity contribution in [3.05, 3.63) is 0 Å². The van der Waals surface area contributed by atoms with Gasteiger partial charge < -0.3 is 4.79 Å². The maximum atomic E-state index is 10.9. The molecule has 0 heterocycles. The number of hydrogen-bond acceptors (Lipinski definition) is 3. The van der Waals surface area contributed by atoms with Gasteiger partial charge in [-0.3, -0.25) is 9.63 Å². The van der Waals surface area contributed by atoms with E-state index in [4.69, 9.17) is 0 Å². The molecule has 0 aliphatic carbocycles. The maximum absolute atomic E-state index is 10.9. The third-order valence-electron chi connectivity index (χ3n) is 1.25. The zero-order chi connectivity index (χ0) is 8.69. The van der Waals surface area contributed by atoms with Crippen LogP contribution < -0.4 is 0 Å². The molecule has 0 aromatic carbocycles. The molecular weight excluding hydrogens is 145 g/mol. The first-order valence-electron chi connectivity index (χ1n) is 3.30. The summed E-state index contributed by atoms with van der Waals surface area (Å²) in [7, 11) is 4.35. The first kappa shape index (κ1) is 10.2. The van der Waals surface area contributed by atoms with E-state index in [1.807, 2.05) is 0 Å². The molecule has 4 nitrogen and oxygen atoms in total. The van der Waals surface area contributed by atoms with Crippen LogP contribution >= 0.6 is 0 Å². The average molecular weight is 156 g/mol. The predicted molar refractivity (Wildman–Crippen MR) is 41.7 cm³/mol. The lowest BCUT2D eigenvalue weighted by Gasteiger charge is -2.12. The molecule has 0 atom stereocenters. The van der Waals surface area contributed by atoms with Crippen LogP contribution in [-0.4, -0.2) is 38.6 Å². The van der Waals surface area contributed by atoms with Crippen molar-refractivity contribution in [1.29, 1.82) is 0 Å². The second kappa shape index (κ2) is 5.91. The fourth-order valence-corrected chi connectivity index (χ4v) is 0.534. The molecular formula is C6H11BNO3. The van der Waals surface area contributed by atoms with Crippen LogP contribution in [0.1, 0.15) is 6.42 Å². The molecule has 1 amide bonds. The van der Waals surface area contributed by atoms with Crippen molar-refractivity contribution in [3.8, 4) is 0 Å². The number of hydroxylamine groups is 2. The highest BCUT2D eigenvalue weighted by molar-refractivity contribution is 6.66. The van der Waals surface area contributed by atoms with Gasteiger partial charge in [-0.25, -0.2) is 5.06 Å². The van der Waals surface area contributed by atoms with Crippen LogP contribution in [0.25, 0.3) is 0 Å². The maximum Gasteiger partial charge on any atom is 0.245 e. The van der Waals surface area contributed by atoms with Gasteiger partial charge in [0.2, 0.25) is 5.91 Å². The largest absolute Gasteiger partial charge is 0.316 e. The van der Waals surface area contributed by atoms with E-state index in [2.05, 4.69) is 4.84 Å². The summed E-state index contributed by atoms with van der Waals surface area (Å²) in [6.45, 7) is 0. The van der Waals surface area contributed by atoms with Crippen LogP contribution in [0.15, 0.2) is 0 Å². The fourth-order valence-electron chi connectivity index (χ4n) is 0.534. The van der Waals surface area contributed by atoms with Crippen molar-refractivity contribution in [2.75, 3.05) is 14.2 Å². The molecule has 0 unspecified atom stereocenters. The van der Waals surface area contributed by atoms with E-state index in [-0.39, 0.29) is 5.91 Å². The van der Waals surface area contributed by atoms with E-state index in [1.165, 1.54) is 21.4 Å². The molecule has 0 aliphatic rings. The topological polar surface area (TPSA) is 46.6 Å². The van der Waals surface area contributed by atoms with Gasteiger partial charge in [0.1, 0.15) is 0 Å². The molecule has 61 valence electrons. The molecule has 0 aliphatic heterocycles. The van der Waals surface area contributed by atoms with Crippen LogP contribution in [0, 0.1) is 0 Å². The molecule has 11 heavy (non-hydrogen) atoms. The van der Waals surface area contributed by atoms with Crippen LogP contribution in [0.3, 0.4) is 0 Å². The van der Waals surface area contributed by atoms with Crippen LogP contribution in [0.2, 0.25) is 6.32 Å². The van der Waals surface area contributed by atoms with Crippen molar-refractivity contribution in [1.82, 2.24) is 5.06 Å². The highest BCUT2D eigenvalue weighted by Crippen LogP contribution is 1.94. The van der Waals surface area contributed by atoms with E-state index in [0.717, 1.165) is 5.06 Å². The monoisotopic (exact) mass is 156 g/mol. The van der Waals surface area contributed by atoms with Crippen molar-refractivity contribution in [2.45, 2.75) is 12.7 Å². The zero-order valence-corrected chi connectivity index (χ0v) is 6.74. The minimum atomic E-state index is -0.134. The Balaban J connectivity index is 3.43. The number of carbonyl (C=O) groups is 2. The summed E-state index contributed by atoms with van der Waals surface area (Å²) in [5.74, 6) is -0.134. The van der Waals surface area contributed by atoms with E-state index < -0.39 is 0 Å². The number of amides is 1. The molecule has 0 fully saturated rings. The van der Waals surface area contributed by atoms with E-state index in [1.54, 1.807) is 0 Å². The molecule has 0 rings (SSSR count). The summed E-state index contributed by atoms with van der Waals surface area (Å²) >= 11 is 0. The minimum absolute atomic E-state index is 0.134. The summed E-state index contributed by atoms with van der Waals surface area (Å²) in [6.07, 6.45) is 1.46. The van der Waals surface area contributed by atoms with Crippen molar-refractivity contribution in [3.63, 3.8) is 0 Å². The quantitative estimate of drug-likeness (QED) is 0.238. The molecule has 0 saturated heterocycles. The second-order valence-electron chi connectivity index (χ2n) is 1.98. The molecule has 0 spiro atoms. The Kier molecular flexibility index (Phi) is 5.46. The van der Waals surface area contributed by atoms with Crippen molar-refractivity contribution in [2.24, 2.45) is 0 Å². The Hall–Kier alpha value is -0.835. The standard InChI is InChI=1S/C6H11BNO3/c1-8(11-2)6(10)3-4-7-5-9/h5H,3-4H2,1-2H3. The predicted octanol–water partition coefficient (Wildman–Crippen LogP) is -0.291. The molecule has 0 saturated carbocycles. The first-order valence-corrected chi connectivity index (χ1v) is 3.30. The molecule has 0 aromatic heterocycles. The average Bonchev–Trinajstić information content (AvgIpc) is 2.03. The Labute approximate surface area is 66.7 Å². The van der Waals surface area contributed by atoms with E-state index in [9.17, 15) is 9.59 Å². The molecule has 0 aromatic rings. The van der Waals surface area contributed by atoms with Crippen LogP contribution in [0.5, 0.6) is 0 Å². The van der Waals surface area contributed by atoms with Crippen molar-refractivity contribution >= 4 is 19.4 Å². The molecule has 0 N–H and O–H groups in total. The van der Waals surface area contributed by atoms with Gasteiger partial charge in [0.05, 0.1) is 13.3 Å². The highest BCUT2D eigenvalue weighted by atomic mass is 16.7. The number of nitrogens with zero attached hydrogens (tertiary/aromatic N) is 1. The van der Waals surface area contributed by atoms with Gasteiger partial charge in [0.25, 0.3) is 0 Å². The Morgan fingerprint density at radius 3 is 2.82 bits per heavy atom. The van der Waals surface area contributed by atoms with Crippen molar-refractivity contribution < 1.29 is 14.4 Å².